The summed E-state index contributed by atoms with van der Waals surface area (Å²) in [6.07, 6.45) is 2.09. The standard InChI is InChI=1S/C31H36N2O5/c34-20-23-10-12-24(13-11-23)29-17-28(19-33-16-4-7-27(33)21-35)37-31(38-29)26-14-8-22(9-15-26)18-32-30(36)25-5-2-1-3-6-25/h1-3,5-6,8-15,27-29,31,34-35H,4,7,16-21H2,(H,32,36)/t27-,28+,29-,31-/m0/s1. The number of carbonyl (C=O) groups excluding carboxylic acids is 1. The Hall–Kier alpha value is -3.07. The highest BCUT2D eigenvalue weighted by molar-refractivity contribution is 5.94. The third-order valence-electron chi connectivity index (χ3n) is 7.50. The van der Waals surface area contributed by atoms with E-state index in [1.165, 1.54) is 0 Å². The molecule has 0 aliphatic carbocycles. The van der Waals surface area contributed by atoms with E-state index in [9.17, 15) is 15.0 Å². The van der Waals surface area contributed by atoms with E-state index in [-0.39, 0.29) is 37.4 Å². The number of nitrogens with one attached hydrogen (secondary N) is 1. The van der Waals surface area contributed by atoms with Gasteiger partial charge in [0, 0.05) is 36.7 Å². The minimum absolute atomic E-state index is 0.00975. The topological polar surface area (TPSA) is 91.3 Å². The fourth-order valence-electron chi connectivity index (χ4n) is 5.30. The number of aliphatic hydroxyl groups is 2. The number of likely N-dealkylation sites (tertiary alicyclic amines) is 1. The maximum Gasteiger partial charge on any atom is 0.251 e. The Morgan fingerprint density at radius 3 is 2.32 bits per heavy atom. The number of rotatable bonds is 9. The fraction of sp³-hybridized carbons (Fsp3) is 0.387. The van der Waals surface area contributed by atoms with Gasteiger partial charge in [0.05, 0.1) is 25.4 Å². The Balaban J connectivity index is 1.28. The number of ether oxygens (including phenoxy) is 2. The number of amides is 1. The van der Waals surface area contributed by atoms with E-state index in [1.54, 1.807) is 12.1 Å². The Kier molecular flexibility index (Phi) is 8.83. The quantitative estimate of drug-likeness (QED) is 0.397. The molecular formula is C31H36N2O5. The molecule has 200 valence electrons. The minimum atomic E-state index is -0.528. The van der Waals surface area contributed by atoms with E-state index in [2.05, 4.69) is 10.2 Å². The van der Waals surface area contributed by atoms with Crippen molar-refractivity contribution in [1.82, 2.24) is 10.2 Å². The maximum atomic E-state index is 12.4. The van der Waals surface area contributed by atoms with Crippen LogP contribution in [0.1, 0.15) is 64.3 Å². The number of benzene rings is 3. The van der Waals surface area contributed by atoms with Gasteiger partial charge in [-0.25, -0.2) is 0 Å². The lowest BCUT2D eigenvalue weighted by Crippen LogP contribution is -2.42. The summed E-state index contributed by atoms with van der Waals surface area (Å²) in [6.45, 7) is 2.33. The number of aliphatic hydroxyl groups excluding tert-OH is 2. The van der Waals surface area contributed by atoms with Crippen molar-refractivity contribution < 1.29 is 24.5 Å². The van der Waals surface area contributed by atoms with Gasteiger partial charge < -0.3 is 25.0 Å². The highest BCUT2D eigenvalue weighted by atomic mass is 16.7. The van der Waals surface area contributed by atoms with Crippen LogP contribution in [0.4, 0.5) is 0 Å². The van der Waals surface area contributed by atoms with E-state index in [0.717, 1.165) is 48.2 Å². The van der Waals surface area contributed by atoms with Crippen LogP contribution < -0.4 is 5.32 Å². The summed E-state index contributed by atoms with van der Waals surface area (Å²) in [5.41, 5.74) is 4.47. The predicted octanol–water partition coefficient (Wildman–Crippen LogP) is 4.11. The van der Waals surface area contributed by atoms with Crippen molar-refractivity contribution in [2.24, 2.45) is 0 Å². The predicted molar refractivity (Wildman–Crippen MR) is 144 cm³/mol. The van der Waals surface area contributed by atoms with Gasteiger partial charge in [0.15, 0.2) is 6.29 Å². The van der Waals surface area contributed by atoms with Gasteiger partial charge in [-0.2, -0.15) is 0 Å². The average Bonchev–Trinajstić information content (AvgIpc) is 3.43. The van der Waals surface area contributed by atoms with Crippen molar-refractivity contribution in [3.8, 4) is 0 Å². The number of hydrogen-bond acceptors (Lipinski definition) is 6. The maximum absolute atomic E-state index is 12.4. The molecule has 0 unspecified atom stereocenters. The first kappa shape index (κ1) is 26.5. The molecule has 7 nitrogen and oxygen atoms in total. The van der Waals surface area contributed by atoms with E-state index < -0.39 is 6.29 Å². The molecule has 3 N–H and O–H groups in total. The van der Waals surface area contributed by atoms with Crippen LogP contribution in [0.5, 0.6) is 0 Å². The second kappa shape index (κ2) is 12.7. The van der Waals surface area contributed by atoms with Gasteiger partial charge in [-0.15, -0.1) is 0 Å². The molecule has 4 atom stereocenters. The van der Waals surface area contributed by atoms with Crippen LogP contribution in [-0.2, 0) is 22.6 Å². The molecule has 3 aromatic carbocycles. The molecule has 38 heavy (non-hydrogen) atoms. The van der Waals surface area contributed by atoms with Crippen LogP contribution in [0.15, 0.2) is 78.9 Å². The molecule has 7 heteroatoms. The van der Waals surface area contributed by atoms with Gasteiger partial charge in [0.2, 0.25) is 0 Å². The summed E-state index contributed by atoms with van der Waals surface area (Å²) in [7, 11) is 0. The monoisotopic (exact) mass is 516 g/mol. The van der Waals surface area contributed by atoms with Crippen molar-refractivity contribution in [2.45, 2.75) is 57.0 Å². The largest absolute Gasteiger partial charge is 0.395 e. The van der Waals surface area contributed by atoms with Gasteiger partial charge in [-0.3, -0.25) is 9.69 Å². The highest BCUT2D eigenvalue weighted by Crippen LogP contribution is 2.38. The molecule has 2 fully saturated rings. The molecule has 2 heterocycles. The Morgan fingerprint density at radius 1 is 0.895 bits per heavy atom. The zero-order chi connectivity index (χ0) is 26.3. The molecule has 0 radical (unpaired) electrons. The van der Waals surface area contributed by atoms with E-state index >= 15 is 0 Å². The SMILES string of the molecule is O=C(NCc1ccc([C@H]2O[C@@H](CN3CCC[C@H]3CO)C[C@@H](c3ccc(CO)cc3)O2)cc1)c1ccccc1. The molecule has 3 aromatic rings. The average molecular weight is 517 g/mol. The summed E-state index contributed by atoms with van der Waals surface area (Å²) in [6, 6.07) is 25.2. The Bertz CT molecular complexity index is 1170. The fourth-order valence-corrected chi connectivity index (χ4v) is 5.30. The van der Waals surface area contributed by atoms with Crippen LogP contribution in [0, 0.1) is 0 Å². The second-order valence-electron chi connectivity index (χ2n) is 10.1. The van der Waals surface area contributed by atoms with Crippen molar-refractivity contribution in [3.63, 3.8) is 0 Å². The molecule has 2 aliphatic rings. The number of hydrogen-bond donors (Lipinski definition) is 3. The lowest BCUT2D eigenvalue weighted by molar-refractivity contribution is -0.253. The first-order valence-electron chi connectivity index (χ1n) is 13.4. The van der Waals surface area contributed by atoms with Crippen molar-refractivity contribution in [3.05, 3.63) is 107 Å². The summed E-state index contributed by atoms with van der Waals surface area (Å²) >= 11 is 0. The molecular weight excluding hydrogens is 480 g/mol. The third-order valence-corrected chi connectivity index (χ3v) is 7.50. The molecule has 0 saturated carbocycles. The van der Waals surface area contributed by atoms with Crippen LogP contribution in [0.2, 0.25) is 0 Å². The normalized spacial score (nSPS) is 23.8. The van der Waals surface area contributed by atoms with Gasteiger partial charge in [-0.1, -0.05) is 66.7 Å². The molecule has 2 saturated heterocycles. The third kappa shape index (κ3) is 6.49. The molecule has 5 rings (SSSR count). The summed E-state index contributed by atoms with van der Waals surface area (Å²) < 4.78 is 12.9. The lowest BCUT2D eigenvalue weighted by atomic mass is 9.99. The smallest absolute Gasteiger partial charge is 0.251 e. The van der Waals surface area contributed by atoms with Gasteiger partial charge in [-0.05, 0) is 48.2 Å². The van der Waals surface area contributed by atoms with Crippen molar-refractivity contribution >= 4 is 5.91 Å². The number of nitrogens with zero attached hydrogens (tertiary/aromatic N) is 1. The highest BCUT2D eigenvalue weighted by Gasteiger charge is 2.35. The lowest BCUT2D eigenvalue weighted by Gasteiger charge is -2.38. The molecule has 0 aromatic heterocycles. The zero-order valence-electron chi connectivity index (χ0n) is 21.5. The molecule has 2 aliphatic heterocycles. The minimum Gasteiger partial charge on any atom is -0.395 e. The first-order chi connectivity index (χ1) is 18.6. The molecule has 0 spiro atoms. The van der Waals surface area contributed by atoms with Gasteiger partial charge >= 0.3 is 0 Å². The van der Waals surface area contributed by atoms with Crippen LogP contribution in [0.3, 0.4) is 0 Å². The van der Waals surface area contributed by atoms with Crippen molar-refractivity contribution in [2.75, 3.05) is 19.7 Å². The van der Waals surface area contributed by atoms with E-state index in [4.69, 9.17) is 9.47 Å². The van der Waals surface area contributed by atoms with E-state index in [0.29, 0.717) is 18.5 Å². The number of carbonyl (C=O) groups is 1. The van der Waals surface area contributed by atoms with Crippen LogP contribution in [-0.4, -0.2) is 52.9 Å². The Morgan fingerprint density at radius 2 is 1.61 bits per heavy atom. The Labute approximate surface area is 224 Å². The van der Waals surface area contributed by atoms with Crippen molar-refractivity contribution in [1.29, 1.82) is 0 Å². The molecule has 1 amide bonds. The summed E-state index contributed by atoms with van der Waals surface area (Å²) in [5.74, 6) is -0.102. The van der Waals surface area contributed by atoms with Crippen LogP contribution in [0.25, 0.3) is 0 Å². The first-order valence-corrected chi connectivity index (χ1v) is 13.4. The summed E-state index contributed by atoms with van der Waals surface area (Å²) in [5, 5.41) is 22.2. The molecule has 0 bridgehead atoms. The van der Waals surface area contributed by atoms with Gasteiger partial charge in [0.1, 0.15) is 0 Å². The van der Waals surface area contributed by atoms with E-state index in [1.807, 2.05) is 66.7 Å². The second-order valence-corrected chi connectivity index (χ2v) is 10.1. The van der Waals surface area contributed by atoms with Gasteiger partial charge in [0.25, 0.3) is 5.91 Å². The zero-order valence-corrected chi connectivity index (χ0v) is 21.5. The summed E-state index contributed by atoms with van der Waals surface area (Å²) in [4.78, 5) is 14.7. The van der Waals surface area contributed by atoms with Crippen LogP contribution >= 0.6 is 0 Å².